The summed E-state index contributed by atoms with van der Waals surface area (Å²) >= 11 is 0. The molecule has 1 aliphatic carbocycles. The Hall–Kier alpha value is -0.650. The largest absolute Gasteiger partial charge is 0.396 e. The van der Waals surface area contributed by atoms with Gasteiger partial charge in [0.2, 0.25) is 5.91 Å². The van der Waals surface area contributed by atoms with Crippen molar-refractivity contribution in [2.75, 3.05) is 26.4 Å². The smallest absolute Gasteiger partial charge is 0.237 e. The summed E-state index contributed by atoms with van der Waals surface area (Å²) in [6, 6.07) is 0. The second-order valence-corrected chi connectivity index (χ2v) is 5.51. The van der Waals surface area contributed by atoms with Crippen molar-refractivity contribution in [1.82, 2.24) is 5.32 Å². The van der Waals surface area contributed by atoms with Gasteiger partial charge in [-0.15, -0.1) is 0 Å². The lowest BCUT2D eigenvalue weighted by atomic mass is 9.79. The minimum Gasteiger partial charge on any atom is -0.396 e. The van der Waals surface area contributed by atoms with Gasteiger partial charge in [0.25, 0.3) is 0 Å². The third-order valence-electron chi connectivity index (χ3n) is 4.13. The van der Waals surface area contributed by atoms with Gasteiger partial charge in [-0.2, -0.15) is 0 Å². The molecule has 0 unspecified atom stereocenters. The lowest BCUT2D eigenvalue weighted by Crippen LogP contribution is -2.62. The van der Waals surface area contributed by atoms with Gasteiger partial charge in [-0.05, 0) is 12.8 Å². The van der Waals surface area contributed by atoms with Crippen LogP contribution in [0.4, 0.5) is 0 Å². The van der Waals surface area contributed by atoms with Gasteiger partial charge in [-0.1, -0.05) is 19.3 Å². The van der Waals surface area contributed by atoms with Crippen LogP contribution in [-0.2, 0) is 9.53 Å². The van der Waals surface area contributed by atoms with Gasteiger partial charge in [0.1, 0.15) is 0 Å². The Morgan fingerprint density at radius 3 is 2.35 bits per heavy atom. The fourth-order valence-electron chi connectivity index (χ4n) is 2.66. The number of carbonyl (C=O) groups is 1. The predicted molar refractivity (Wildman–Crippen MR) is 63.4 cm³/mol. The summed E-state index contributed by atoms with van der Waals surface area (Å²) in [6.07, 6.45) is 4.87. The van der Waals surface area contributed by atoms with Crippen LogP contribution < -0.4 is 11.1 Å². The van der Waals surface area contributed by atoms with E-state index in [-0.39, 0.29) is 17.9 Å². The molecule has 1 heterocycles. The predicted octanol–water partition coefficient (Wildman–Crippen LogP) is -0.227. The molecule has 0 atom stereocenters. The SMILES string of the molecule is NC(=O)C1(NCC2(CO)COC2)CCCCC1. The molecule has 0 spiro atoms. The number of hydrogen-bond donors (Lipinski definition) is 3. The van der Waals surface area contributed by atoms with Crippen molar-refractivity contribution in [3.8, 4) is 0 Å². The van der Waals surface area contributed by atoms with E-state index >= 15 is 0 Å². The topological polar surface area (TPSA) is 84.6 Å². The van der Waals surface area contributed by atoms with E-state index < -0.39 is 5.54 Å². The number of carbonyl (C=O) groups excluding carboxylic acids is 1. The average Bonchev–Trinajstić information content (AvgIpc) is 2.29. The monoisotopic (exact) mass is 242 g/mol. The highest BCUT2D eigenvalue weighted by molar-refractivity contribution is 5.84. The highest BCUT2D eigenvalue weighted by Gasteiger charge is 2.43. The van der Waals surface area contributed by atoms with E-state index in [4.69, 9.17) is 10.5 Å². The van der Waals surface area contributed by atoms with Crippen LogP contribution in [0.2, 0.25) is 0 Å². The maximum absolute atomic E-state index is 11.7. The van der Waals surface area contributed by atoms with Gasteiger partial charge in [0, 0.05) is 6.54 Å². The molecule has 2 aliphatic rings. The highest BCUT2D eigenvalue weighted by Crippen LogP contribution is 2.31. The normalized spacial score (nSPS) is 26.2. The summed E-state index contributed by atoms with van der Waals surface area (Å²) < 4.78 is 5.15. The summed E-state index contributed by atoms with van der Waals surface area (Å²) in [6.45, 7) is 1.82. The van der Waals surface area contributed by atoms with Gasteiger partial charge in [-0.3, -0.25) is 4.79 Å². The Balaban J connectivity index is 1.96. The molecule has 1 saturated heterocycles. The first-order chi connectivity index (χ1) is 8.13. The molecule has 5 heteroatoms. The molecule has 0 aromatic carbocycles. The molecule has 0 radical (unpaired) electrons. The maximum atomic E-state index is 11.7. The zero-order valence-corrected chi connectivity index (χ0v) is 10.2. The van der Waals surface area contributed by atoms with Crippen molar-refractivity contribution in [3.05, 3.63) is 0 Å². The summed E-state index contributed by atoms with van der Waals surface area (Å²) in [4.78, 5) is 11.7. The zero-order valence-electron chi connectivity index (χ0n) is 10.2. The van der Waals surface area contributed by atoms with E-state index in [1.54, 1.807) is 0 Å². The van der Waals surface area contributed by atoms with Crippen LogP contribution in [0.3, 0.4) is 0 Å². The van der Waals surface area contributed by atoms with Crippen molar-refractivity contribution in [2.45, 2.75) is 37.6 Å². The Kier molecular flexibility index (Phi) is 3.70. The lowest BCUT2D eigenvalue weighted by molar-refractivity contribution is -0.141. The number of primary amides is 1. The number of nitrogens with one attached hydrogen (secondary N) is 1. The van der Waals surface area contributed by atoms with Crippen molar-refractivity contribution in [2.24, 2.45) is 11.1 Å². The Bertz CT molecular complexity index is 278. The zero-order chi connectivity index (χ0) is 12.4. The molecule has 2 rings (SSSR count). The van der Waals surface area contributed by atoms with Crippen LogP contribution in [0.1, 0.15) is 32.1 Å². The average molecular weight is 242 g/mol. The first-order valence-electron chi connectivity index (χ1n) is 6.36. The Morgan fingerprint density at radius 1 is 1.29 bits per heavy atom. The van der Waals surface area contributed by atoms with Crippen LogP contribution in [0.15, 0.2) is 0 Å². The van der Waals surface area contributed by atoms with E-state index in [2.05, 4.69) is 5.32 Å². The van der Waals surface area contributed by atoms with Gasteiger partial charge < -0.3 is 20.9 Å². The Labute approximate surface area is 102 Å². The fraction of sp³-hybridized carbons (Fsp3) is 0.917. The summed E-state index contributed by atoms with van der Waals surface area (Å²) in [5.41, 5.74) is 4.77. The van der Waals surface area contributed by atoms with E-state index in [1.165, 1.54) is 6.42 Å². The first kappa shape index (κ1) is 12.8. The van der Waals surface area contributed by atoms with Crippen LogP contribution in [0.25, 0.3) is 0 Å². The van der Waals surface area contributed by atoms with Gasteiger partial charge in [0.05, 0.1) is 30.8 Å². The van der Waals surface area contributed by atoms with Crippen molar-refractivity contribution < 1.29 is 14.6 Å². The highest BCUT2D eigenvalue weighted by atomic mass is 16.5. The van der Waals surface area contributed by atoms with Crippen LogP contribution >= 0.6 is 0 Å². The van der Waals surface area contributed by atoms with Gasteiger partial charge in [0.15, 0.2) is 0 Å². The summed E-state index contributed by atoms with van der Waals surface area (Å²) in [7, 11) is 0. The number of hydrogen-bond acceptors (Lipinski definition) is 4. The number of rotatable bonds is 5. The first-order valence-corrected chi connectivity index (χ1v) is 6.36. The van der Waals surface area contributed by atoms with Crippen molar-refractivity contribution >= 4 is 5.91 Å². The van der Waals surface area contributed by atoms with Gasteiger partial charge in [-0.25, -0.2) is 0 Å². The standard InChI is InChI=1S/C12H22N2O3/c13-10(16)12(4-2-1-3-5-12)14-6-11(7-15)8-17-9-11/h14-15H,1-9H2,(H2,13,16). The minimum atomic E-state index is -0.560. The summed E-state index contributed by atoms with van der Waals surface area (Å²) in [5.74, 6) is -0.259. The lowest BCUT2D eigenvalue weighted by Gasteiger charge is -2.44. The van der Waals surface area contributed by atoms with Crippen LogP contribution in [0, 0.1) is 5.41 Å². The van der Waals surface area contributed by atoms with E-state index in [1.807, 2.05) is 0 Å². The molecule has 5 nitrogen and oxygen atoms in total. The van der Waals surface area contributed by atoms with Crippen LogP contribution in [0.5, 0.6) is 0 Å². The van der Waals surface area contributed by atoms with Gasteiger partial charge >= 0.3 is 0 Å². The number of nitrogens with two attached hydrogens (primary N) is 1. The molecular formula is C12H22N2O3. The third-order valence-corrected chi connectivity index (χ3v) is 4.13. The summed E-state index contributed by atoms with van der Waals surface area (Å²) in [5, 5.41) is 12.7. The molecular weight excluding hydrogens is 220 g/mol. The third kappa shape index (κ3) is 2.46. The van der Waals surface area contributed by atoms with E-state index in [0.717, 1.165) is 25.7 Å². The second kappa shape index (κ2) is 4.92. The number of aliphatic hydroxyl groups excluding tert-OH is 1. The molecule has 1 amide bonds. The molecule has 4 N–H and O–H groups in total. The fourth-order valence-corrected chi connectivity index (χ4v) is 2.66. The van der Waals surface area contributed by atoms with Crippen LogP contribution in [-0.4, -0.2) is 42.9 Å². The number of ether oxygens (including phenoxy) is 1. The van der Waals surface area contributed by atoms with Crippen molar-refractivity contribution in [3.63, 3.8) is 0 Å². The molecule has 1 saturated carbocycles. The molecule has 0 aromatic heterocycles. The number of aliphatic hydroxyl groups is 1. The molecule has 17 heavy (non-hydrogen) atoms. The Morgan fingerprint density at radius 2 is 1.94 bits per heavy atom. The molecule has 0 bridgehead atoms. The molecule has 0 aromatic rings. The van der Waals surface area contributed by atoms with E-state index in [0.29, 0.717) is 19.8 Å². The minimum absolute atomic E-state index is 0.0921. The second-order valence-electron chi connectivity index (χ2n) is 5.51. The van der Waals surface area contributed by atoms with E-state index in [9.17, 15) is 9.90 Å². The number of amides is 1. The molecule has 98 valence electrons. The molecule has 1 aliphatic heterocycles. The molecule has 2 fully saturated rings. The van der Waals surface area contributed by atoms with Crippen molar-refractivity contribution in [1.29, 1.82) is 0 Å². The maximum Gasteiger partial charge on any atom is 0.237 e. The quantitative estimate of drug-likeness (QED) is 0.622.